The Labute approximate surface area is 126 Å². The molecule has 0 radical (unpaired) electrons. The number of halogens is 4. The molecule has 94 valence electrons. The molecule has 0 bridgehead atoms. The van der Waals surface area contributed by atoms with Crippen LogP contribution in [0.4, 0.5) is 4.39 Å². The summed E-state index contributed by atoms with van der Waals surface area (Å²) in [5, 5.41) is 10.7. The summed E-state index contributed by atoms with van der Waals surface area (Å²) < 4.78 is 14.9. The molecular weight excluding hydrogens is 386 g/mol. The van der Waals surface area contributed by atoms with Crippen molar-refractivity contribution in [1.82, 2.24) is 0 Å². The van der Waals surface area contributed by atoms with Crippen molar-refractivity contribution in [2.24, 2.45) is 0 Å². The largest absolute Gasteiger partial charge is 0.384 e. The Morgan fingerprint density at radius 1 is 1.11 bits per heavy atom. The average Bonchev–Trinajstić information content (AvgIpc) is 2.35. The van der Waals surface area contributed by atoms with Gasteiger partial charge in [0.1, 0.15) is 11.9 Å². The van der Waals surface area contributed by atoms with Crippen molar-refractivity contribution in [2.45, 2.75) is 6.10 Å². The van der Waals surface area contributed by atoms with E-state index in [9.17, 15) is 9.50 Å². The maximum Gasteiger partial charge on any atom is 0.143 e. The standard InChI is InChI=1S/C13H8Br2ClFO/c14-9-5-4-7(6-11(9)16)13(18)8-2-1-3-10(15)12(8)17/h1-6,13,18H. The van der Waals surface area contributed by atoms with Gasteiger partial charge in [0.25, 0.3) is 0 Å². The molecule has 2 aromatic rings. The van der Waals surface area contributed by atoms with Crippen LogP contribution in [0.2, 0.25) is 5.02 Å². The molecular formula is C13H8Br2ClFO. The molecule has 0 aliphatic carbocycles. The Bertz CT molecular complexity index is 589. The average molecular weight is 394 g/mol. The fourth-order valence-corrected chi connectivity index (χ4v) is 2.41. The van der Waals surface area contributed by atoms with Crippen LogP contribution in [-0.4, -0.2) is 5.11 Å². The van der Waals surface area contributed by atoms with Crippen LogP contribution < -0.4 is 0 Å². The van der Waals surface area contributed by atoms with Crippen LogP contribution in [-0.2, 0) is 0 Å². The summed E-state index contributed by atoms with van der Waals surface area (Å²) in [6, 6.07) is 9.82. The van der Waals surface area contributed by atoms with Gasteiger partial charge in [0.2, 0.25) is 0 Å². The normalized spacial score (nSPS) is 12.5. The number of rotatable bonds is 2. The van der Waals surface area contributed by atoms with Gasteiger partial charge in [-0.2, -0.15) is 0 Å². The highest BCUT2D eigenvalue weighted by Gasteiger charge is 2.17. The monoisotopic (exact) mass is 392 g/mol. The Hall–Kier alpha value is -0.420. The Morgan fingerprint density at radius 3 is 2.50 bits per heavy atom. The van der Waals surface area contributed by atoms with Gasteiger partial charge in [-0.3, -0.25) is 0 Å². The maximum absolute atomic E-state index is 13.9. The van der Waals surface area contributed by atoms with E-state index in [2.05, 4.69) is 31.9 Å². The van der Waals surface area contributed by atoms with E-state index in [-0.39, 0.29) is 5.56 Å². The third kappa shape index (κ3) is 2.77. The van der Waals surface area contributed by atoms with Gasteiger partial charge < -0.3 is 5.11 Å². The number of aliphatic hydroxyl groups excluding tert-OH is 1. The highest BCUT2D eigenvalue weighted by atomic mass is 79.9. The van der Waals surface area contributed by atoms with Crippen molar-refractivity contribution in [3.05, 3.63) is 67.3 Å². The van der Waals surface area contributed by atoms with Gasteiger partial charge in [-0.25, -0.2) is 4.39 Å². The molecule has 1 nitrogen and oxygen atoms in total. The van der Waals surface area contributed by atoms with Crippen molar-refractivity contribution in [3.63, 3.8) is 0 Å². The summed E-state index contributed by atoms with van der Waals surface area (Å²) in [4.78, 5) is 0. The number of aliphatic hydroxyl groups is 1. The van der Waals surface area contributed by atoms with E-state index in [1.165, 1.54) is 0 Å². The number of hydrogen-bond donors (Lipinski definition) is 1. The first-order chi connectivity index (χ1) is 8.50. The molecule has 0 aromatic heterocycles. The van der Waals surface area contributed by atoms with Gasteiger partial charge in [0.15, 0.2) is 0 Å². The quantitative estimate of drug-likeness (QED) is 0.753. The van der Waals surface area contributed by atoms with E-state index in [1.807, 2.05) is 0 Å². The molecule has 0 amide bonds. The first kappa shape index (κ1) is 14.0. The van der Waals surface area contributed by atoms with Crippen LogP contribution in [0.5, 0.6) is 0 Å². The van der Waals surface area contributed by atoms with Crippen LogP contribution in [0.1, 0.15) is 17.2 Å². The first-order valence-corrected chi connectivity index (χ1v) is 7.04. The first-order valence-electron chi connectivity index (χ1n) is 5.07. The fourth-order valence-electron chi connectivity index (χ4n) is 1.59. The minimum absolute atomic E-state index is 0.211. The van der Waals surface area contributed by atoms with Crippen LogP contribution in [0.3, 0.4) is 0 Å². The lowest BCUT2D eigenvalue weighted by Crippen LogP contribution is -2.03. The van der Waals surface area contributed by atoms with E-state index in [0.717, 1.165) is 4.47 Å². The second kappa shape index (κ2) is 5.70. The van der Waals surface area contributed by atoms with Gasteiger partial charge in [0, 0.05) is 10.0 Å². The van der Waals surface area contributed by atoms with E-state index in [1.54, 1.807) is 36.4 Å². The van der Waals surface area contributed by atoms with Crippen LogP contribution in [0.25, 0.3) is 0 Å². The predicted octanol–water partition coefficient (Wildman–Crippen LogP) is 5.09. The summed E-state index contributed by atoms with van der Waals surface area (Å²) in [7, 11) is 0. The third-order valence-electron chi connectivity index (χ3n) is 2.54. The van der Waals surface area contributed by atoms with E-state index in [4.69, 9.17) is 11.6 Å². The van der Waals surface area contributed by atoms with E-state index < -0.39 is 11.9 Å². The second-order valence-electron chi connectivity index (χ2n) is 3.72. The van der Waals surface area contributed by atoms with Gasteiger partial charge in [-0.1, -0.05) is 29.8 Å². The van der Waals surface area contributed by atoms with Gasteiger partial charge in [0.05, 0.1) is 9.50 Å². The van der Waals surface area contributed by atoms with Crippen molar-refractivity contribution in [2.75, 3.05) is 0 Å². The van der Waals surface area contributed by atoms with Gasteiger partial charge in [-0.15, -0.1) is 0 Å². The van der Waals surface area contributed by atoms with Crippen LogP contribution >= 0.6 is 43.5 Å². The summed E-state index contributed by atoms with van der Waals surface area (Å²) in [6.45, 7) is 0. The van der Waals surface area contributed by atoms with Crippen molar-refractivity contribution < 1.29 is 9.50 Å². The molecule has 0 fully saturated rings. The molecule has 1 atom stereocenters. The Morgan fingerprint density at radius 2 is 1.83 bits per heavy atom. The molecule has 0 aliphatic rings. The molecule has 0 spiro atoms. The molecule has 1 N–H and O–H groups in total. The van der Waals surface area contributed by atoms with E-state index in [0.29, 0.717) is 15.1 Å². The Kier molecular flexibility index (Phi) is 4.43. The molecule has 0 aliphatic heterocycles. The SMILES string of the molecule is OC(c1ccc(Br)c(Cl)c1)c1cccc(Br)c1F. The summed E-state index contributed by atoms with van der Waals surface area (Å²) >= 11 is 12.3. The zero-order valence-electron chi connectivity index (χ0n) is 9.00. The van der Waals surface area contributed by atoms with Gasteiger partial charge >= 0.3 is 0 Å². The predicted molar refractivity (Wildman–Crippen MR) is 77.3 cm³/mol. The van der Waals surface area contributed by atoms with Crippen molar-refractivity contribution in [3.8, 4) is 0 Å². The summed E-state index contributed by atoms with van der Waals surface area (Å²) in [6.07, 6.45) is -1.05. The molecule has 0 heterocycles. The lowest BCUT2D eigenvalue weighted by molar-refractivity contribution is 0.214. The van der Waals surface area contributed by atoms with Gasteiger partial charge in [-0.05, 0) is 55.6 Å². The number of benzene rings is 2. The molecule has 1 unspecified atom stereocenters. The minimum Gasteiger partial charge on any atom is -0.384 e. The highest BCUT2D eigenvalue weighted by Crippen LogP contribution is 2.31. The minimum atomic E-state index is -1.05. The van der Waals surface area contributed by atoms with Crippen LogP contribution in [0.15, 0.2) is 45.3 Å². The second-order valence-corrected chi connectivity index (χ2v) is 5.84. The molecule has 2 rings (SSSR count). The molecule has 0 saturated carbocycles. The summed E-state index contributed by atoms with van der Waals surface area (Å²) in [5.41, 5.74) is 0.753. The molecule has 2 aromatic carbocycles. The van der Waals surface area contributed by atoms with Crippen molar-refractivity contribution in [1.29, 1.82) is 0 Å². The zero-order chi connectivity index (χ0) is 13.3. The lowest BCUT2D eigenvalue weighted by Gasteiger charge is -2.13. The Balaban J connectivity index is 2.44. The third-order valence-corrected chi connectivity index (χ3v) is 4.38. The van der Waals surface area contributed by atoms with E-state index >= 15 is 0 Å². The molecule has 5 heteroatoms. The summed E-state index contributed by atoms with van der Waals surface area (Å²) in [5.74, 6) is -0.468. The number of hydrogen-bond acceptors (Lipinski definition) is 1. The van der Waals surface area contributed by atoms with Crippen molar-refractivity contribution >= 4 is 43.5 Å². The van der Waals surface area contributed by atoms with Crippen LogP contribution in [0, 0.1) is 5.82 Å². The fraction of sp³-hybridized carbons (Fsp3) is 0.0769. The lowest BCUT2D eigenvalue weighted by atomic mass is 10.0. The maximum atomic E-state index is 13.9. The topological polar surface area (TPSA) is 20.2 Å². The molecule has 18 heavy (non-hydrogen) atoms. The molecule has 0 saturated heterocycles. The zero-order valence-corrected chi connectivity index (χ0v) is 12.9. The smallest absolute Gasteiger partial charge is 0.143 e. The highest BCUT2D eigenvalue weighted by molar-refractivity contribution is 9.10.